The van der Waals surface area contributed by atoms with Gasteiger partial charge in [0.25, 0.3) is 0 Å². The molecule has 284 valence electrons. The second-order valence-electron chi connectivity index (χ2n) is 13.8. The first-order chi connectivity index (χ1) is 23.4. The van der Waals surface area contributed by atoms with Crippen molar-refractivity contribution in [2.45, 2.75) is 129 Å². The summed E-state index contributed by atoms with van der Waals surface area (Å²) in [6.45, 7) is 0.564. The molecule has 0 bridgehead atoms. The molecule has 19 nitrogen and oxygen atoms in total. The van der Waals surface area contributed by atoms with Gasteiger partial charge in [-0.25, -0.2) is 0 Å². The fourth-order valence-electron chi connectivity index (χ4n) is 7.17. The summed E-state index contributed by atoms with van der Waals surface area (Å²) in [4.78, 5) is 0. The number of aliphatic hydroxyl groups is 6. The molecule has 18 N–H and O–H groups in total. The largest absolute Gasteiger partial charge is 0.395 e. The SMILES string of the molecule is NC[C@@H]1O[C@H](O[C@H]2[C@@H](O)[C@H](O[C@@H]3[C@@H](O)[C@H](NCCO)C[C@H](N)[C@H]3O[C@H]3O[C@H](CNCC4CC(N)C4)C=C[C@H]3N)O[C@@H]2CO)[C@H](N)[C@@H](O)[C@@H]1O. The second-order valence-corrected chi connectivity index (χ2v) is 13.8. The quantitative estimate of drug-likeness (QED) is 0.0703. The number of hydrogen-bond acceptors (Lipinski definition) is 19. The molecule has 2 saturated heterocycles. The van der Waals surface area contributed by atoms with E-state index in [0.717, 1.165) is 19.4 Å². The van der Waals surface area contributed by atoms with Crippen molar-refractivity contribution < 1.29 is 59.1 Å². The van der Waals surface area contributed by atoms with Gasteiger partial charge in [-0.3, -0.25) is 0 Å². The molecule has 17 atom stereocenters. The van der Waals surface area contributed by atoms with Crippen LogP contribution in [0.2, 0.25) is 0 Å². The highest BCUT2D eigenvalue weighted by molar-refractivity contribution is 5.06. The minimum absolute atomic E-state index is 0.145. The number of nitrogens with two attached hydrogens (primary N) is 5. The minimum Gasteiger partial charge on any atom is -0.395 e. The van der Waals surface area contributed by atoms with Gasteiger partial charge in [0.2, 0.25) is 0 Å². The lowest BCUT2D eigenvalue weighted by Gasteiger charge is -2.46. The van der Waals surface area contributed by atoms with Gasteiger partial charge in [-0.05, 0) is 31.7 Å². The number of aliphatic hydroxyl groups excluding tert-OH is 6. The number of ether oxygens (including phenoxy) is 6. The Labute approximate surface area is 285 Å². The van der Waals surface area contributed by atoms with Crippen molar-refractivity contribution in [2.24, 2.45) is 34.6 Å². The van der Waals surface area contributed by atoms with Gasteiger partial charge in [0, 0.05) is 37.8 Å². The van der Waals surface area contributed by atoms with Crippen LogP contribution in [0.5, 0.6) is 0 Å². The molecular weight excluding hydrogens is 650 g/mol. The van der Waals surface area contributed by atoms with E-state index >= 15 is 0 Å². The highest BCUT2D eigenvalue weighted by Crippen LogP contribution is 2.34. The van der Waals surface area contributed by atoms with E-state index < -0.39 is 105 Å². The topological polar surface area (TPSA) is 331 Å². The van der Waals surface area contributed by atoms with E-state index in [0.29, 0.717) is 12.5 Å². The first-order valence-electron chi connectivity index (χ1n) is 17.2. The van der Waals surface area contributed by atoms with Crippen LogP contribution in [0.3, 0.4) is 0 Å². The van der Waals surface area contributed by atoms with Crippen LogP contribution in [0, 0.1) is 5.92 Å². The van der Waals surface area contributed by atoms with Gasteiger partial charge in [0.15, 0.2) is 18.9 Å². The zero-order chi connectivity index (χ0) is 35.4. The number of hydrogen-bond donors (Lipinski definition) is 13. The Morgan fingerprint density at radius 3 is 2.08 bits per heavy atom. The maximum Gasteiger partial charge on any atom is 0.187 e. The molecule has 2 aliphatic carbocycles. The van der Waals surface area contributed by atoms with Gasteiger partial charge in [-0.2, -0.15) is 0 Å². The maximum absolute atomic E-state index is 11.5. The molecule has 0 unspecified atom stereocenters. The van der Waals surface area contributed by atoms with Crippen molar-refractivity contribution in [3.63, 3.8) is 0 Å². The van der Waals surface area contributed by atoms with Crippen LogP contribution in [-0.2, 0) is 28.4 Å². The van der Waals surface area contributed by atoms with Crippen molar-refractivity contribution >= 4 is 0 Å². The molecule has 0 aromatic rings. The molecule has 3 aliphatic heterocycles. The molecule has 0 aromatic carbocycles. The first-order valence-corrected chi connectivity index (χ1v) is 17.2. The lowest BCUT2D eigenvalue weighted by atomic mass is 9.81. The monoisotopic (exact) mass is 707 g/mol. The predicted octanol–water partition coefficient (Wildman–Crippen LogP) is -7.07. The summed E-state index contributed by atoms with van der Waals surface area (Å²) in [6.07, 6.45) is -9.49. The molecule has 0 amide bonds. The third-order valence-electron chi connectivity index (χ3n) is 10.1. The van der Waals surface area contributed by atoms with Gasteiger partial charge < -0.3 is 98.4 Å². The molecule has 0 spiro atoms. The fourth-order valence-corrected chi connectivity index (χ4v) is 7.17. The standard InChI is InChI=1S/C30H57N7O12/c31-8-18-22(41)23(42)20(35)29(45-18)48-26-19(11-39)46-30(24(26)43)49-27-21(40)17(37-3-4-38)7-16(34)25(27)47-28-15(33)2-1-14(44-28)10-36-9-12-5-13(32)6-12/h1-2,12-30,36-43H,3-11,31-35H2/t12?,13?,14-,15+,16-,17+,18-,19+,20+,21-,22+,23+,24+,25+,26+,27+,28+,29+,30-/m0/s1. The smallest absolute Gasteiger partial charge is 0.187 e. The lowest BCUT2D eigenvalue weighted by molar-refractivity contribution is -0.284. The predicted molar refractivity (Wildman–Crippen MR) is 171 cm³/mol. The van der Waals surface area contributed by atoms with Crippen molar-refractivity contribution in [1.82, 2.24) is 10.6 Å². The number of rotatable bonds is 15. The molecule has 4 fully saturated rings. The zero-order valence-electron chi connectivity index (χ0n) is 27.5. The average Bonchev–Trinajstić information content (AvgIpc) is 3.37. The molecule has 5 aliphatic rings. The molecule has 5 rings (SSSR count). The molecule has 0 radical (unpaired) electrons. The maximum atomic E-state index is 11.5. The Kier molecular flexibility index (Phi) is 14.1. The summed E-state index contributed by atoms with van der Waals surface area (Å²) in [7, 11) is 0. The Bertz CT molecular complexity index is 1050. The van der Waals surface area contributed by atoms with Crippen molar-refractivity contribution in [3.8, 4) is 0 Å². The Balaban J connectivity index is 1.27. The zero-order valence-corrected chi connectivity index (χ0v) is 27.5. The normalized spacial score (nSPS) is 48.8. The Morgan fingerprint density at radius 2 is 1.41 bits per heavy atom. The summed E-state index contributed by atoms with van der Waals surface area (Å²) < 4.78 is 36.2. The van der Waals surface area contributed by atoms with E-state index in [9.17, 15) is 30.6 Å². The summed E-state index contributed by atoms with van der Waals surface area (Å²) in [5, 5.41) is 69.5. The second kappa shape index (κ2) is 17.7. The van der Waals surface area contributed by atoms with Crippen molar-refractivity contribution in [1.29, 1.82) is 0 Å². The van der Waals surface area contributed by atoms with Crippen LogP contribution in [0.1, 0.15) is 19.3 Å². The van der Waals surface area contributed by atoms with Gasteiger partial charge in [-0.15, -0.1) is 0 Å². The molecular formula is C30H57N7O12. The fraction of sp³-hybridized carbons (Fsp3) is 0.933. The van der Waals surface area contributed by atoms with Gasteiger partial charge in [-0.1, -0.05) is 12.2 Å². The van der Waals surface area contributed by atoms with Crippen LogP contribution < -0.4 is 39.3 Å². The van der Waals surface area contributed by atoms with E-state index in [1.807, 2.05) is 6.08 Å². The van der Waals surface area contributed by atoms with Gasteiger partial charge in [0.05, 0.1) is 37.5 Å². The molecule has 19 heteroatoms. The van der Waals surface area contributed by atoms with Crippen molar-refractivity contribution in [2.75, 3.05) is 39.4 Å². The third-order valence-corrected chi connectivity index (χ3v) is 10.1. The van der Waals surface area contributed by atoms with E-state index in [1.165, 1.54) is 0 Å². The highest BCUT2D eigenvalue weighted by atomic mass is 16.8. The van der Waals surface area contributed by atoms with E-state index in [4.69, 9.17) is 57.1 Å². The molecule has 49 heavy (non-hydrogen) atoms. The van der Waals surface area contributed by atoms with Gasteiger partial charge >= 0.3 is 0 Å². The molecule has 2 saturated carbocycles. The highest BCUT2D eigenvalue weighted by Gasteiger charge is 2.54. The molecule has 0 aromatic heterocycles. The molecule has 3 heterocycles. The van der Waals surface area contributed by atoms with Crippen LogP contribution >= 0.6 is 0 Å². The van der Waals surface area contributed by atoms with Gasteiger partial charge in [0.1, 0.15) is 48.8 Å². The van der Waals surface area contributed by atoms with Crippen molar-refractivity contribution in [3.05, 3.63) is 12.2 Å². The Hall–Kier alpha value is -1.02. The average molecular weight is 708 g/mol. The summed E-state index contributed by atoms with van der Waals surface area (Å²) in [6, 6.07) is -2.97. The third kappa shape index (κ3) is 9.14. The van der Waals surface area contributed by atoms with Crippen LogP contribution in [0.15, 0.2) is 12.2 Å². The summed E-state index contributed by atoms with van der Waals surface area (Å²) in [5.41, 5.74) is 30.6. The minimum atomic E-state index is -1.56. The first kappa shape index (κ1) is 39.2. The van der Waals surface area contributed by atoms with E-state index in [2.05, 4.69) is 10.6 Å². The van der Waals surface area contributed by atoms with Crippen LogP contribution in [0.25, 0.3) is 0 Å². The van der Waals surface area contributed by atoms with E-state index in [-0.39, 0.29) is 38.3 Å². The van der Waals surface area contributed by atoms with E-state index in [1.54, 1.807) is 6.08 Å². The number of nitrogens with one attached hydrogen (secondary N) is 2. The van der Waals surface area contributed by atoms with Crippen LogP contribution in [-0.4, -0.2) is 180 Å². The summed E-state index contributed by atoms with van der Waals surface area (Å²) >= 11 is 0. The Morgan fingerprint density at radius 1 is 0.714 bits per heavy atom. The van der Waals surface area contributed by atoms with Crippen LogP contribution in [0.4, 0.5) is 0 Å². The summed E-state index contributed by atoms with van der Waals surface area (Å²) in [5.74, 6) is 0.529. The lowest BCUT2D eigenvalue weighted by Crippen LogP contribution is -2.66.